The number of esters is 1. The average Bonchev–Trinajstić information content (AvgIpc) is 3.01. The number of rotatable bonds is 23. The highest BCUT2D eigenvalue weighted by atomic mass is 16.7. The van der Waals surface area contributed by atoms with Gasteiger partial charge in [-0.05, 0) is 53.4 Å². The molecule has 0 aromatic heterocycles. The van der Waals surface area contributed by atoms with E-state index >= 15 is 0 Å². The van der Waals surface area contributed by atoms with Gasteiger partial charge in [-0.2, -0.15) is 0 Å². The van der Waals surface area contributed by atoms with Crippen LogP contribution in [-0.2, 0) is 23.8 Å². The summed E-state index contributed by atoms with van der Waals surface area (Å²) in [5.74, 6) is -1.48. The quantitative estimate of drug-likeness (QED) is 0.0734. The molecule has 1 aliphatic carbocycles. The number of ether oxygens (including phenoxy) is 3. The Morgan fingerprint density at radius 3 is 1.92 bits per heavy atom. The van der Waals surface area contributed by atoms with Crippen molar-refractivity contribution in [2.24, 2.45) is 5.41 Å². The number of hydrogen-bond donors (Lipinski definition) is 3. The van der Waals surface area contributed by atoms with Crippen LogP contribution in [0.5, 0.6) is 0 Å². The first kappa shape index (κ1) is 42.3. The minimum absolute atomic E-state index is 0.0560. The first-order chi connectivity index (χ1) is 22.7. The standard InChI is InChI=1S/C39H73N3O6/c1-8-9-10-11-12-13-14-15-16-17-18-19-20-21-24-28-38(4,5)42-36(45)41-31-25-22-23-26-32(31)47-33(43)27-29-40-35(44)34-37(2,3)30-46-39(6,7)48-34/h31-32,34H,8-30H2,1-7H3,(H,40,44)(H2,41,42,45). The van der Waals surface area contributed by atoms with Gasteiger partial charge in [0.1, 0.15) is 12.2 Å². The zero-order valence-electron chi connectivity index (χ0n) is 31.9. The molecule has 3 unspecified atom stereocenters. The first-order valence-corrected chi connectivity index (χ1v) is 19.6. The van der Waals surface area contributed by atoms with Gasteiger partial charge < -0.3 is 30.2 Å². The second kappa shape index (κ2) is 22.1. The minimum atomic E-state index is -0.841. The minimum Gasteiger partial charge on any atom is -0.460 e. The summed E-state index contributed by atoms with van der Waals surface area (Å²) >= 11 is 0. The first-order valence-electron chi connectivity index (χ1n) is 19.6. The number of carbonyl (C=O) groups excluding carboxylic acids is 3. The highest BCUT2D eigenvalue weighted by molar-refractivity contribution is 5.82. The van der Waals surface area contributed by atoms with E-state index in [4.69, 9.17) is 14.2 Å². The lowest BCUT2D eigenvalue weighted by molar-refractivity contribution is -0.304. The van der Waals surface area contributed by atoms with Crippen LogP contribution in [0.3, 0.4) is 0 Å². The molecule has 0 spiro atoms. The molecule has 1 heterocycles. The van der Waals surface area contributed by atoms with Crippen molar-refractivity contribution in [3.63, 3.8) is 0 Å². The molecule has 9 heteroatoms. The number of hydrogen-bond acceptors (Lipinski definition) is 6. The van der Waals surface area contributed by atoms with Gasteiger partial charge in [0.05, 0.1) is 19.1 Å². The lowest BCUT2D eigenvalue weighted by atomic mass is 9.85. The van der Waals surface area contributed by atoms with Gasteiger partial charge in [0.2, 0.25) is 5.91 Å². The van der Waals surface area contributed by atoms with Crippen LogP contribution < -0.4 is 16.0 Å². The number of carbonyl (C=O) groups is 3. The van der Waals surface area contributed by atoms with Crippen LogP contribution >= 0.6 is 0 Å². The van der Waals surface area contributed by atoms with E-state index in [1.54, 1.807) is 13.8 Å². The van der Waals surface area contributed by atoms with Gasteiger partial charge in [-0.25, -0.2) is 4.79 Å². The van der Waals surface area contributed by atoms with Gasteiger partial charge in [-0.1, -0.05) is 124 Å². The summed E-state index contributed by atoms with van der Waals surface area (Å²) in [6, 6.07) is -0.430. The summed E-state index contributed by atoms with van der Waals surface area (Å²) < 4.78 is 17.4. The maximum Gasteiger partial charge on any atom is 0.315 e. The topological polar surface area (TPSA) is 115 Å². The number of unbranched alkanes of at least 4 members (excludes halogenated alkanes) is 14. The third-order valence-corrected chi connectivity index (χ3v) is 9.93. The van der Waals surface area contributed by atoms with Crippen LogP contribution in [0.1, 0.15) is 183 Å². The fraction of sp³-hybridized carbons (Fsp3) is 0.923. The molecule has 3 atom stereocenters. The molecule has 2 fully saturated rings. The zero-order valence-corrected chi connectivity index (χ0v) is 31.9. The molecule has 0 aromatic carbocycles. The SMILES string of the molecule is CCCCCCCCCCCCCCCCCC(C)(C)NC(=O)NC1CCCCC1OC(=O)CCNC(=O)C1OC(C)(C)OCC1(C)C. The Bertz CT molecular complexity index is 937. The van der Waals surface area contributed by atoms with Crippen LogP contribution in [0.2, 0.25) is 0 Å². The highest BCUT2D eigenvalue weighted by Gasteiger charge is 2.45. The molecule has 2 rings (SSSR count). The molecule has 280 valence electrons. The van der Waals surface area contributed by atoms with Crippen LogP contribution in [-0.4, -0.2) is 60.6 Å². The van der Waals surface area contributed by atoms with E-state index < -0.39 is 17.3 Å². The summed E-state index contributed by atoms with van der Waals surface area (Å²) in [4.78, 5) is 38.6. The Morgan fingerprint density at radius 2 is 1.33 bits per heavy atom. The number of nitrogens with one attached hydrogen (secondary N) is 3. The molecular formula is C39H73N3O6. The van der Waals surface area contributed by atoms with E-state index in [0.29, 0.717) is 13.0 Å². The van der Waals surface area contributed by atoms with E-state index in [2.05, 4.69) is 36.7 Å². The van der Waals surface area contributed by atoms with Crippen molar-refractivity contribution in [1.29, 1.82) is 0 Å². The third kappa shape index (κ3) is 17.7. The molecule has 2 aliphatic rings. The molecule has 1 saturated heterocycles. The fourth-order valence-corrected chi connectivity index (χ4v) is 6.85. The van der Waals surface area contributed by atoms with E-state index in [9.17, 15) is 14.4 Å². The van der Waals surface area contributed by atoms with Gasteiger partial charge in [0.25, 0.3) is 0 Å². The number of urea groups is 1. The smallest absolute Gasteiger partial charge is 0.315 e. The average molecular weight is 680 g/mol. The van der Waals surface area contributed by atoms with E-state index in [0.717, 1.165) is 32.1 Å². The second-order valence-corrected chi connectivity index (χ2v) is 16.3. The van der Waals surface area contributed by atoms with Crippen molar-refractivity contribution in [2.75, 3.05) is 13.2 Å². The number of amides is 3. The summed E-state index contributed by atoms with van der Waals surface area (Å²) in [5.41, 5.74) is -0.792. The zero-order chi connectivity index (χ0) is 35.5. The predicted octanol–water partition coefficient (Wildman–Crippen LogP) is 8.86. The van der Waals surface area contributed by atoms with Gasteiger partial charge in [-0.15, -0.1) is 0 Å². The summed E-state index contributed by atoms with van der Waals surface area (Å²) in [6.45, 7) is 14.4. The molecule has 0 radical (unpaired) electrons. The normalized spacial score (nSPS) is 22.1. The molecule has 9 nitrogen and oxygen atoms in total. The van der Waals surface area contributed by atoms with Gasteiger partial charge in [0.15, 0.2) is 5.79 Å². The van der Waals surface area contributed by atoms with E-state index in [-0.39, 0.29) is 48.6 Å². The highest BCUT2D eigenvalue weighted by Crippen LogP contribution is 2.35. The largest absolute Gasteiger partial charge is 0.460 e. The summed E-state index contributed by atoms with van der Waals surface area (Å²) in [5, 5.41) is 9.08. The van der Waals surface area contributed by atoms with Gasteiger partial charge in [-0.3, -0.25) is 9.59 Å². The van der Waals surface area contributed by atoms with Crippen LogP contribution in [0.4, 0.5) is 4.79 Å². The van der Waals surface area contributed by atoms with Crippen molar-refractivity contribution in [3.8, 4) is 0 Å². The van der Waals surface area contributed by atoms with Crippen molar-refractivity contribution >= 4 is 17.9 Å². The van der Waals surface area contributed by atoms with Crippen molar-refractivity contribution in [3.05, 3.63) is 0 Å². The molecule has 1 saturated carbocycles. The Hall–Kier alpha value is -1.87. The van der Waals surface area contributed by atoms with Crippen LogP contribution in [0.25, 0.3) is 0 Å². The second-order valence-electron chi connectivity index (χ2n) is 16.3. The third-order valence-electron chi connectivity index (χ3n) is 9.93. The molecule has 3 N–H and O–H groups in total. The maximum atomic E-state index is 13.0. The van der Waals surface area contributed by atoms with Crippen molar-refractivity contribution in [2.45, 2.75) is 213 Å². The molecule has 1 aliphatic heterocycles. The van der Waals surface area contributed by atoms with E-state index in [1.165, 1.54) is 89.9 Å². The van der Waals surface area contributed by atoms with Crippen molar-refractivity contribution < 1.29 is 28.6 Å². The Morgan fingerprint density at radius 1 is 0.792 bits per heavy atom. The van der Waals surface area contributed by atoms with Gasteiger partial charge >= 0.3 is 12.0 Å². The molecule has 0 aromatic rings. The fourth-order valence-electron chi connectivity index (χ4n) is 6.85. The van der Waals surface area contributed by atoms with Gasteiger partial charge in [0, 0.05) is 17.5 Å². The predicted molar refractivity (Wildman–Crippen MR) is 194 cm³/mol. The van der Waals surface area contributed by atoms with E-state index in [1.807, 2.05) is 13.8 Å². The Labute approximate surface area is 293 Å². The maximum absolute atomic E-state index is 13.0. The summed E-state index contributed by atoms with van der Waals surface area (Å²) in [7, 11) is 0. The molecular weight excluding hydrogens is 606 g/mol. The van der Waals surface area contributed by atoms with Crippen LogP contribution in [0.15, 0.2) is 0 Å². The Balaban J connectivity index is 1.59. The lowest BCUT2D eigenvalue weighted by Crippen LogP contribution is -2.56. The lowest BCUT2D eigenvalue weighted by Gasteiger charge is -2.44. The molecule has 3 amide bonds. The van der Waals surface area contributed by atoms with Crippen LogP contribution in [0, 0.1) is 5.41 Å². The summed E-state index contributed by atoms with van der Waals surface area (Å²) in [6.07, 6.45) is 23.5. The molecule has 48 heavy (non-hydrogen) atoms. The molecule has 0 bridgehead atoms. The Kier molecular flexibility index (Phi) is 19.4. The van der Waals surface area contributed by atoms with Crippen molar-refractivity contribution in [1.82, 2.24) is 16.0 Å². The monoisotopic (exact) mass is 680 g/mol.